The first-order valence-electron chi connectivity index (χ1n) is 7.95. The van der Waals surface area contributed by atoms with Crippen LogP contribution in [0.3, 0.4) is 0 Å². The first-order valence-corrected chi connectivity index (χ1v) is 9.82. The normalized spacial score (nSPS) is 10.6. The minimum atomic E-state index is -0.193. The molecule has 0 aliphatic carbocycles. The number of hydrogen-bond donors (Lipinski definition) is 1. The predicted octanol–water partition coefficient (Wildman–Crippen LogP) is 3.17. The highest BCUT2D eigenvalue weighted by Crippen LogP contribution is 2.30. The van der Waals surface area contributed by atoms with Crippen LogP contribution in [0.1, 0.15) is 16.6 Å². The lowest BCUT2D eigenvalue weighted by Crippen LogP contribution is -2.14. The molecular formula is C17H18N4O4S2. The zero-order chi connectivity index (χ0) is 19.2. The van der Waals surface area contributed by atoms with Gasteiger partial charge in [0.25, 0.3) is 5.22 Å². The number of carbonyl (C=O) groups is 1. The molecule has 0 saturated carbocycles. The number of thioether (sulfide) groups is 1. The average Bonchev–Trinajstić information content (AvgIpc) is 3.29. The molecule has 1 N–H and O–H groups in total. The minimum Gasteiger partial charge on any atom is -0.493 e. The molecule has 0 aliphatic rings. The minimum absolute atomic E-state index is 0.145. The van der Waals surface area contributed by atoms with Crippen molar-refractivity contribution in [3.8, 4) is 11.5 Å². The Kier molecular flexibility index (Phi) is 6.30. The van der Waals surface area contributed by atoms with Gasteiger partial charge in [-0.1, -0.05) is 11.8 Å². The number of rotatable bonds is 8. The van der Waals surface area contributed by atoms with E-state index in [1.54, 1.807) is 43.8 Å². The summed E-state index contributed by atoms with van der Waals surface area (Å²) in [4.78, 5) is 16.5. The van der Waals surface area contributed by atoms with E-state index in [1.807, 2.05) is 12.3 Å². The lowest BCUT2D eigenvalue weighted by atomic mass is 10.2. The first kappa shape index (κ1) is 19.2. The molecule has 0 bridgehead atoms. The van der Waals surface area contributed by atoms with E-state index < -0.39 is 0 Å². The third-order valence-electron chi connectivity index (χ3n) is 3.44. The summed E-state index contributed by atoms with van der Waals surface area (Å²) in [5, 5.41) is 14.0. The van der Waals surface area contributed by atoms with Gasteiger partial charge in [0.1, 0.15) is 0 Å². The van der Waals surface area contributed by atoms with E-state index >= 15 is 0 Å². The number of aryl methyl sites for hydroxylation is 1. The average molecular weight is 406 g/mol. The molecule has 10 heteroatoms. The highest BCUT2D eigenvalue weighted by atomic mass is 32.2. The van der Waals surface area contributed by atoms with E-state index in [-0.39, 0.29) is 11.7 Å². The Balaban J connectivity index is 1.52. The summed E-state index contributed by atoms with van der Waals surface area (Å²) in [6.07, 6.45) is 0.482. The molecule has 1 aromatic carbocycles. The molecule has 27 heavy (non-hydrogen) atoms. The number of anilines is 1. The van der Waals surface area contributed by atoms with Crippen molar-refractivity contribution in [2.45, 2.75) is 18.6 Å². The molecule has 3 rings (SSSR count). The third kappa shape index (κ3) is 5.20. The third-order valence-corrected chi connectivity index (χ3v) is 5.08. The molecule has 0 unspecified atom stereocenters. The van der Waals surface area contributed by atoms with E-state index in [0.717, 1.165) is 10.7 Å². The Hall–Kier alpha value is -2.59. The van der Waals surface area contributed by atoms with Crippen molar-refractivity contribution in [2.75, 3.05) is 25.3 Å². The Morgan fingerprint density at radius 1 is 1.26 bits per heavy atom. The zero-order valence-electron chi connectivity index (χ0n) is 15.0. The molecule has 8 nitrogen and oxygen atoms in total. The van der Waals surface area contributed by atoms with E-state index in [2.05, 4.69) is 20.5 Å². The fourth-order valence-corrected chi connectivity index (χ4v) is 3.44. The zero-order valence-corrected chi connectivity index (χ0v) is 16.6. The van der Waals surface area contributed by atoms with E-state index in [0.29, 0.717) is 34.7 Å². The van der Waals surface area contributed by atoms with Gasteiger partial charge in [-0.15, -0.1) is 21.5 Å². The summed E-state index contributed by atoms with van der Waals surface area (Å²) in [7, 11) is 3.10. The molecule has 142 valence electrons. The van der Waals surface area contributed by atoms with Gasteiger partial charge in [-0.05, 0) is 19.1 Å². The highest BCUT2D eigenvalue weighted by Gasteiger charge is 2.12. The highest BCUT2D eigenvalue weighted by molar-refractivity contribution is 7.99. The van der Waals surface area contributed by atoms with E-state index in [1.165, 1.54) is 11.8 Å². The van der Waals surface area contributed by atoms with Gasteiger partial charge in [0.05, 0.1) is 37.1 Å². The van der Waals surface area contributed by atoms with Gasteiger partial charge in [-0.3, -0.25) is 4.79 Å². The van der Waals surface area contributed by atoms with Gasteiger partial charge >= 0.3 is 0 Å². The van der Waals surface area contributed by atoms with Crippen molar-refractivity contribution in [3.63, 3.8) is 0 Å². The van der Waals surface area contributed by atoms with Gasteiger partial charge in [0.15, 0.2) is 11.5 Å². The maximum absolute atomic E-state index is 12.1. The fraction of sp³-hybridized carbons (Fsp3) is 0.294. The number of ether oxygens (including phenoxy) is 2. The maximum atomic E-state index is 12.1. The van der Waals surface area contributed by atoms with E-state index in [4.69, 9.17) is 13.9 Å². The monoisotopic (exact) mass is 406 g/mol. The van der Waals surface area contributed by atoms with Crippen molar-refractivity contribution < 1.29 is 18.7 Å². The smallest absolute Gasteiger partial charge is 0.277 e. The second kappa shape index (κ2) is 8.87. The number of carbonyl (C=O) groups excluding carboxylic acids is 1. The van der Waals surface area contributed by atoms with Crippen LogP contribution in [0.25, 0.3) is 0 Å². The Morgan fingerprint density at radius 2 is 2.07 bits per heavy atom. The van der Waals surface area contributed by atoms with Crippen LogP contribution in [0.4, 0.5) is 5.69 Å². The van der Waals surface area contributed by atoms with Crippen LogP contribution >= 0.6 is 23.1 Å². The molecule has 0 fully saturated rings. The van der Waals surface area contributed by atoms with Gasteiger partial charge in [-0.2, -0.15) is 0 Å². The first-order chi connectivity index (χ1) is 13.1. The predicted molar refractivity (Wildman–Crippen MR) is 103 cm³/mol. The topological polar surface area (TPSA) is 99.4 Å². The number of benzene rings is 1. The van der Waals surface area contributed by atoms with Crippen LogP contribution in [0.5, 0.6) is 11.5 Å². The van der Waals surface area contributed by atoms with Crippen molar-refractivity contribution in [1.29, 1.82) is 0 Å². The number of nitrogens with one attached hydrogen (secondary N) is 1. The second-order valence-electron chi connectivity index (χ2n) is 5.40. The number of amides is 1. The molecular weight excluding hydrogens is 388 g/mol. The number of nitrogens with zero attached hydrogens (tertiary/aromatic N) is 3. The van der Waals surface area contributed by atoms with Gasteiger partial charge in [0, 0.05) is 17.1 Å². The summed E-state index contributed by atoms with van der Waals surface area (Å²) in [6, 6.07) is 5.17. The molecule has 3 aromatic rings. The Bertz CT molecular complexity index is 925. The van der Waals surface area contributed by atoms with Gasteiger partial charge < -0.3 is 19.2 Å². The number of aromatic nitrogens is 3. The number of thiazole rings is 1. The van der Waals surface area contributed by atoms with E-state index in [9.17, 15) is 4.79 Å². The summed E-state index contributed by atoms with van der Waals surface area (Å²) in [5.74, 6) is 1.57. The van der Waals surface area contributed by atoms with Crippen LogP contribution < -0.4 is 14.8 Å². The molecule has 2 aromatic heterocycles. The number of hydrogen-bond acceptors (Lipinski definition) is 9. The second-order valence-corrected chi connectivity index (χ2v) is 7.39. The van der Waals surface area contributed by atoms with Crippen molar-refractivity contribution >= 4 is 34.7 Å². The summed E-state index contributed by atoms with van der Waals surface area (Å²) < 4.78 is 15.9. The lowest BCUT2D eigenvalue weighted by Gasteiger charge is -2.10. The van der Waals surface area contributed by atoms with Gasteiger partial charge in [0.2, 0.25) is 11.8 Å². The lowest BCUT2D eigenvalue weighted by molar-refractivity contribution is -0.113. The van der Waals surface area contributed by atoms with Crippen molar-refractivity contribution in [2.24, 2.45) is 0 Å². The largest absolute Gasteiger partial charge is 0.493 e. The summed E-state index contributed by atoms with van der Waals surface area (Å²) >= 11 is 2.75. The standard InChI is InChI=1S/C17H18N4O4S2/c1-10-18-12(8-26-10)7-16-20-21-17(25-16)27-9-15(22)19-11-4-5-13(23-2)14(6-11)24-3/h4-6,8H,7,9H2,1-3H3,(H,19,22). The van der Waals surface area contributed by atoms with Crippen LogP contribution in [0, 0.1) is 6.92 Å². The van der Waals surface area contributed by atoms with Crippen LogP contribution in [-0.4, -0.2) is 41.1 Å². The fourth-order valence-electron chi connectivity index (χ4n) is 2.25. The van der Waals surface area contributed by atoms with Crippen molar-refractivity contribution in [1.82, 2.24) is 15.2 Å². The molecule has 0 spiro atoms. The SMILES string of the molecule is COc1ccc(NC(=O)CSc2nnc(Cc3csc(C)n3)o2)cc1OC. The molecule has 0 atom stereocenters. The van der Waals surface area contributed by atoms with Crippen LogP contribution in [0.15, 0.2) is 33.2 Å². The molecule has 0 radical (unpaired) electrons. The summed E-state index contributed by atoms with van der Waals surface area (Å²) in [5.41, 5.74) is 1.51. The Morgan fingerprint density at radius 3 is 2.78 bits per heavy atom. The molecule has 2 heterocycles. The molecule has 0 saturated heterocycles. The maximum Gasteiger partial charge on any atom is 0.277 e. The van der Waals surface area contributed by atoms with Gasteiger partial charge in [-0.25, -0.2) is 4.98 Å². The van der Waals surface area contributed by atoms with Crippen molar-refractivity contribution in [3.05, 3.63) is 40.2 Å². The summed E-state index contributed by atoms with van der Waals surface area (Å²) in [6.45, 7) is 1.94. The van der Waals surface area contributed by atoms with Crippen LogP contribution in [0.2, 0.25) is 0 Å². The van der Waals surface area contributed by atoms with Crippen LogP contribution in [-0.2, 0) is 11.2 Å². The molecule has 0 aliphatic heterocycles. The quantitative estimate of drug-likeness (QED) is 0.570. The molecule has 1 amide bonds. The number of methoxy groups -OCH3 is 2. The Labute approximate surface area is 164 Å².